The lowest BCUT2D eigenvalue weighted by atomic mass is 10.1. The Kier molecular flexibility index (Phi) is 9.54. The molecule has 0 aliphatic carbocycles. The van der Waals surface area contributed by atoms with Gasteiger partial charge in [0.05, 0.1) is 19.1 Å². The van der Waals surface area contributed by atoms with E-state index in [0.717, 1.165) is 0 Å². The summed E-state index contributed by atoms with van der Waals surface area (Å²) >= 11 is 0. The Bertz CT molecular complexity index is 630. The molecule has 29 heavy (non-hydrogen) atoms. The predicted molar refractivity (Wildman–Crippen MR) is 99.7 cm³/mol. The lowest BCUT2D eigenvalue weighted by Crippen LogP contribution is -2.44. The minimum absolute atomic E-state index is 0.0243. The van der Waals surface area contributed by atoms with Gasteiger partial charge in [-0.3, -0.25) is 18.6 Å². The number of nitrogens with one attached hydrogen (secondary N) is 1. The van der Waals surface area contributed by atoms with E-state index < -0.39 is 56.4 Å². The van der Waals surface area contributed by atoms with Gasteiger partial charge < -0.3 is 19.5 Å². The van der Waals surface area contributed by atoms with E-state index in [-0.39, 0.29) is 19.6 Å². The van der Waals surface area contributed by atoms with Crippen LogP contribution in [0.4, 0.5) is 4.79 Å². The van der Waals surface area contributed by atoms with Gasteiger partial charge in [0, 0.05) is 12.5 Å². The van der Waals surface area contributed by atoms with E-state index >= 15 is 0 Å². The lowest BCUT2D eigenvalue weighted by molar-refractivity contribution is -0.154. The second-order valence-corrected chi connectivity index (χ2v) is 9.30. The number of hydrogen-bond donors (Lipinski definition) is 1. The Hall–Kier alpha value is -1.68. The average Bonchev–Trinajstić information content (AvgIpc) is 2.55. The molecule has 0 radical (unpaired) electrons. The third-order valence-electron chi connectivity index (χ3n) is 3.28. The fraction of sp³-hybridized carbons (Fsp3) is 0.824. The highest BCUT2D eigenvalue weighted by molar-refractivity contribution is 7.48. The number of phosphoric ester groups is 1. The molecule has 0 saturated carbocycles. The van der Waals surface area contributed by atoms with Gasteiger partial charge in [-0.15, -0.1) is 0 Å². The molecule has 1 rings (SSSR count). The number of rotatable bonds is 8. The molecule has 1 N–H and O–H groups in total. The largest absolute Gasteiger partial charge is 0.510 e. The van der Waals surface area contributed by atoms with Crippen molar-refractivity contribution < 1.29 is 46.7 Å². The molecule has 1 saturated heterocycles. The minimum atomic E-state index is -4.12. The highest BCUT2D eigenvalue weighted by Crippen LogP contribution is 2.54. The molecule has 1 amide bonds. The van der Waals surface area contributed by atoms with Crippen molar-refractivity contribution in [2.24, 2.45) is 5.92 Å². The number of carbonyl (C=O) groups is 3. The van der Waals surface area contributed by atoms with Gasteiger partial charge in [-0.1, -0.05) is 6.92 Å². The molecule has 0 bridgehead atoms. The molecule has 0 aromatic heterocycles. The summed E-state index contributed by atoms with van der Waals surface area (Å²) in [5.41, 5.74) is -0.618. The first-order valence-corrected chi connectivity index (χ1v) is 10.7. The van der Waals surface area contributed by atoms with Crippen molar-refractivity contribution in [1.29, 1.82) is 0 Å². The van der Waals surface area contributed by atoms with Gasteiger partial charge in [0.1, 0.15) is 5.60 Å². The molecule has 11 nitrogen and oxygen atoms in total. The maximum Gasteiger partial charge on any atom is 0.510 e. The van der Waals surface area contributed by atoms with E-state index in [0.29, 0.717) is 0 Å². The van der Waals surface area contributed by atoms with Gasteiger partial charge in [-0.25, -0.2) is 13.9 Å². The van der Waals surface area contributed by atoms with Crippen molar-refractivity contribution in [3.05, 3.63) is 0 Å². The smallest absolute Gasteiger partial charge is 0.460 e. The van der Waals surface area contributed by atoms with E-state index in [2.05, 4.69) is 10.1 Å². The van der Waals surface area contributed by atoms with Crippen molar-refractivity contribution in [3.63, 3.8) is 0 Å². The fourth-order valence-corrected chi connectivity index (χ4v) is 3.47. The van der Waals surface area contributed by atoms with Gasteiger partial charge in [0.2, 0.25) is 12.7 Å². The third-order valence-corrected chi connectivity index (χ3v) is 4.65. The molecular formula is C17H30NO10P. The number of esters is 1. The first kappa shape index (κ1) is 25.4. The van der Waals surface area contributed by atoms with Crippen LogP contribution in [0.1, 0.15) is 48.0 Å². The summed E-state index contributed by atoms with van der Waals surface area (Å²) in [4.78, 5) is 35.3. The van der Waals surface area contributed by atoms with E-state index in [1.807, 2.05) is 0 Å². The van der Waals surface area contributed by atoms with Gasteiger partial charge >= 0.3 is 19.9 Å². The summed E-state index contributed by atoms with van der Waals surface area (Å²) in [5.74, 6) is -1.46. The molecule has 12 heteroatoms. The van der Waals surface area contributed by atoms with Gasteiger partial charge in [0.25, 0.3) is 0 Å². The van der Waals surface area contributed by atoms with Crippen molar-refractivity contribution in [2.45, 2.75) is 65.8 Å². The van der Waals surface area contributed by atoms with Crippen molar-refractivity contribution in [3.8, 4) is 0 Å². The Labute approximate surface area is 170 Å². The van der Waals surface area contributed by atoms with Crippen LogP contribution >= 0.6 is 7.82 Å². The highest BCUT2D eigenvalue weighted by Gasteiger charge is 2.43. The lowest BCUT2D eigenvalue weighted by Gasteiger charge is -2.32. The number of amides is 1. The molecule has 0 aromatic carbocycles. The summed E-state index contributed by atoms with van der Waals surface area (Å²) < 4.78 is 42.1. The maximum atomic E-state index is 12.5. The minimum Gasteiger partial charge on any atom is -0.460 e. The zero-order valence-corrected chi connectivity index (χ0v) is 18.5. The summed E-state index contributed by atoms with van der Waals surface area (Å²) in [6.07, 6.45) is -2.56. The van der Waals surface area contributed by atoms with Crippen LogP contribution in [0.2, 0.25) is 0 Å². The normalized spacial score (nSPS) is 24.7. The van der Waals surface area contributed by atoms with Crippen LogP contribution in [0.25, 0.3) is 0 Å². The number of phosphoric acid groups is 1. The second-order valence-electron chi connectivity index (χ2n) is 7.68. The van der Waals surface area contributed by atoms with Crippen LogP contribution < -0.4 is 5.32 Å². The first-order chi connectivity index (χ1) is 13.3. The SMILES string of the molecule is CC(C)OC(=O)OCO[P@@]1(=O)OCC(C)[C@H](C(=O)NCCC(=O)OC(C)(C)C)O1. The molecular weight excluding hydrogens is 409 g/mol. The fourth-order valence-electron chi connectivity index (χ4n) is 2.09. The van der Waals surface area contributed by atoms with Crippen LogP contribution in [-0.4, -0.2) is 55.8 Å². The van der Waals surface area contributed by atoms with E-state index in [1.54, 1.807) is 41.5 Å². The Balaban J connectivity index is 2.48. The molecule has 1 aliphatic heterocycles. The van der Waals surface area contributed by atoms with E-state index in [4.69, 9.17) is 23.0 Å². The Morgan fingerprint density at radius 3 is 2.48 bits per heavy atom. The molecule has 0 aromatic rings. The summed E-state index contributed by atoms with van der Waals surface area (Å²) in [6, 6.07) is 0. The quantitative estimate of drug-likeness (QED) is 0.341. The number of ether oxygens (including phenoxy) is 3. The monoisotopic (exact) mass is 439 g/mol. The topological polar surface area (TPSA) is 136 Å². The predicted octanol–water partition coefficient (Wildman–Crippen LogP) is 2.53. The van der Waals surface area contributed by atoms with Crippen molar-refractivity contribution in [2.75, 3.05) is 19.9 Å². The average molecular weight is 439 g/mol. The molecule has 1 aliphatic rings. The van der Waals surface area contributed by atoms with Crippen LogP contribution in [0.5, 0.6) is 0 Å². The van der Waals surface area contributed by atoms with Crippen LogP contribution in [0.3, 0.4) is 0 Å². The van der Waals surface area contributed by atoms with E-state index in [1.165, 1.54) is 0 Å². The van der Waals surface area contributed by atoms with E-state index in [9.17, 15) is 18.9 Å². The van der Waals surface area contributed by atoms with Crippen LogP contribution in [0.15, 0.2) is 0 Å². The molecule has 1 heterocycles. The third kappa shape index (κ3) is 10.1. The van der Waals surface area contributed by atoms with Crippen LogP contribution in [0, 0.1) is 5.92 Å². The highest BCUT2D eigenvalue weighted by atomic mass is 31.2. The maximum absolute atomic E-state index is 12.5. The molecule has 3 atom stereocenters. The molecule has 1 fully saturated rings. The number of hydrogen-bond acceptors (Lipinski definition) is 10. The Morgan fingerprint density at radius 1 is 1.24 bits per heavy atom. The summed E-state index contributed by atoms with van der Waals surface area (Å²) in [5, 5.41) is 2.53. The first-order valence-electron chi connectivity index (χ1n) is 9.22. The van der Waals surface area contributed by atoms with Crippen molar-refractivity contribution >= 4 is 25.9 Å². The summed E-state index contributed by atoms with van der Waals surface area (Å²) in [7, 11) is -4.12. The van der Waals surface area contributed by atoms with Gasteiger partial charge in [-0.05, 0) is 34.6 Å². The van der Waals surface area contributed by atoms with Crippen molar-refractivity contribution in [1.82, 2.24) is 5.32 Å². The van der Waals surface area contributed by atoms with Gasteiger partial charge in [-0.2, -0.15) is 0 Å². The molecule has 0 spiro atoms. The zero-order chi connectivity index (χ0) is 22.2. The van der Waals surface area contributed by atoms with Crippen LogP contribution in [-0.2, 0) is 41.9 Å². The summed E-state index contributed by atoms with van der Waals surface area (Å²) in [6.45, 7) is 9.37. The molecule has 168 valence electrons. The Morgan fingerprint density at radius 2 is 1.90 bits per heavy atom. The number of carbonyl (C=O) groups excluding carboxylic acids is 3. The second kappa shape index (κ2) is 10.9. The van der Waals surface area contributed by atoms with Gasteiger partial charge in [0.15, 0.2) is 6.10 Å². The zero-order valence-electron chi connectivity index (χ0n) is 17.6. The molecule has 1 unspecified atom stereocenters. The standard InChI is InChI=1S/C17H30NO10P/c1-11(2)26-16(21)23-10-25-29(22)24-9-12(3)14(28-29)15(20)18-8-7-13(19)27-17(4,5)6/h11-12,14H,7-10H2,1-6H3,(H,18,20)/t12?,14-,29-/m1/s1.